The molecule has 2 aliphatic carbocycles. The molecule has 7 unspecified atom stereocenters. The highest BCUT2D eigenvalue weighted by molar-refractivity contribution is 5.87. The Balaban J connectivity index is 1.64. The van der Waals surface area contributed by atoms with Crippen molar-refractivity contribution in [1.29, 1.82) is 0 Å². The zero-order chi connectivity index (χ0) is 16.5. The first-order valence-electron chi connectivity index (χ1n) is 9.26. The van der Waals surface area contributed by atoms with Crippen LogP contribution in [0.3, 0.4) is 0 Å². The number of allylic oxidation sites excluding steroid dienone is 1. The Hall–Kier alpha value is -0.910. The molecule has 4 saturated heterocycles. The van der Waals surface area contributed by atoms with E-state index in [4.69, 9.17) is 18.9 Å². The van der Waals surface area contributed by atoms with E-state index in [1.54, 1.807) is 0 Å². The van der Waals surface area contributed by atoms with E-state index in [0.717, 1.165) is 24.8 Å². The Morgan fingerprint density at radius 1 is 1.33 bits per heavy atom. The second kappa shape index (κ2) is 3.92. The van der Waals surface area contributed by atoms with Crippen molar-refractivity contribution in [3.8, 4) is 0 Å². The van der Waals surface area contributed by atoms with Gasteiger partial charge < -0.3 is 18.9 Å². The molecule has 0 radical (unpaired) electrons. The molecule has 6 aliphatic rings. The van der Waals surface area contributed by atoms with E-state index in [-0.39, 0.29) is 41.2 Å². The fourth-order valence-electron chi connectivity index (χ4n) is 7.84. The Bertz CT molecular complexity index is 675. The molecule has 0 aromatic rings. The predicted octanol–water partition coefficient (Wildman–Crippen LogP) is 2.05. The van der Waals surface area contributed by atoms with Gasteiger partial charge in [0.2, 0.25) is 0 Å². The van der Waals surface area contributed by atoms with Gasteiger partial charge in [-0.05, 0) is 38.0 Å². The van der Waals surface area contributed by atoms with Crippen LogP contribution in [0.1, 0.15) is 33.1 Å². The van der Waals surface area contributed by atoms with Crippen LogP contribution in [0, 0.1) is 28.6 Å². The summed E-state index contributed by atoms with van der Waals surface area (Å²) in [6.07, 6.45) is 2.38. The SMILES string of the molecule is C=C(C)[C@@H]1CC2OC(=O)C34OC5OCCC51C23CC1OC[C@@H](C)C14. The van der Waals surface area contributed by atoms with Crippen LogP contribution in [0.2, 0.25) is 0 Å². The molecule has 4 heterocycles. The summed E-state index contributed by atoms with van der Waals surface area (Å²) in [5.41, 5.74) is -0.182. The minimum Gasteiger partial charge on any atom is -0.459 e. The maximum atomic E-state index is 13.2. The van der Waals surface area contributed by atoms with Crippen molar-refractivity contribution in [2.24, 2.45) is 28.6 Å². The van der Waals surface area contributed by atoms with Gasteiger partial charge in [0, 0.05) is 17.9 Å². The summed E-state index contributed by atoms with van der Waals surface area (Å²) in [5, 5.41) is 0. The van der Waals surface area contributed by atoms with E-state index in [0.29, 0.717) is 25.0 Å². The highest BCUT2D eigenvalue weighted by Gasteiger charge is 2.93. The number of fused-ring (bicyclic) bond motifs is 1. The lowest BCUT2D eigenvalue weighted by molar-refractivity contribution is -0.202. The fourth-order valence-corrected chi connectivity index (χ4v) is 7.84. The van der Waals surface area contributed by atoms with Gasteiger partial charge in [0.15, 0.2) is 11.9 Å². The largest absolute Gasteiger partial charge is 0.459 e. The van der Waals surface area contributed by atoms with Gasteiger partial charge in [-0.25, -0.2) is 4.79 Å². The van der Waals surface area contributed by atoms with E-state index in [2.05, 4.69) is 20.4 Å². The minimum atomic E-state index is -0.868. The maximum Gasteiger partial charge on any atom is 0.340 e. The molecule has 6 fully saturated rings. The van der Waals surface area contributed by atoms with Gasteiger partial charge in [0.05, 0.1) is 18.1 Å². The number of carbonyl (C=O) groups is 1. The summed E-state index contributed by atoms with van der Waals surface area (Å²) in [6.45, 7) is 9.94. The molecule has 0 aromatic heterocycles. The van der Waals surface area contributed by atoms with Crippen molar-refractivity contribution < 1.29 is 23.7 Å². The Morgan fingerprint density at radius 2 is 2.17 bits per heavy atom. The zero-order valence-corrected chi connectivity index (χ0v) is 14.2. The molecule has 24 heavy (non-hydrogen) atoms. The number of hydrogen-bond donors (Lipinski definition) is 0. The number of carbonyl (C=O) groups excluding carboxylic acids is 1. The van der Waals surface area contributed by atoms with E-state index in [1.807, 2.05) is 0 Å². The minimum absolute atomic E-state index is 0.0835. The van der Waals surface area contributed by atoms with Gasteiger partial charge in [-0.2, -0.15) is 0 Å². The number of esters is 1. The van der Waals surface area contributed by atoms with Crippen molar-refractivity contribution >= 4 is 5.97 Å². The van der Waals surface area contributed by atoms with Crippen LogP contribution in [0.25, 0.3) is 0 Å². The molecule has 5 nitrogen and oxygen atoms in total. The molecule has 5 heteroatoms. The smallest absolute Gasteiger partial charge is 0.340 e. The standard InChI is InChI=1S/C19H24O5/c1-9(2)11-6-13-18-7-12-14(10(3)8-22-12)19(18,15(20)23-13)24-16-17(11,18)4-5-21-16/h10-14,16H,1,4-8H2,2-3H3/t10-,11+,12?,13?,14?,16?,17?,18?,19?/m1/s1. The average Bonchev–Trinajstić information content (AvgIpc) is 3.26. The quantitative estimate of drug-likeness (QED) is 0.543. The summed E-state index contributed by atoms with van der Waals surface area (Å²) in [6, 6.07) is 0. The highest BCUT2D eigenvalue weighted by atomic mass is 16.7. The van der Waals surface area contributed by atoms with Gasteiger partial charge >= 0.3 is 5.97 Å². The van der Waals surface area contributed by atoms with Crippen LogP contribution < -0.4 is 0 Å². The first-order chi connectivity index (χ1) is 11.5. The van der Waals surface area contributed by atoms with Crippen LogP contribution >= 0.6 is 0 Å². The molecule has 4 aliphatic heterocycles. The Labute approximate surface area is 141 Å². The normalized spacial score (nSPS) is 62.3. The summed E-state index contributed by atoms with van der Waals surface area (Å²) in [7, 11) is 0. The van der Waals surface area contributed by atoms with Crippen molar-refractivity contribution in [2.45, 2.75) is 57.2 Å². The molecule has 0 amide bonds. The first-order valence-corrected chi connectivity index (χ1v) is 9.26. The monoisotopic (exact) mass is 332 g/mol. The average molecular weight is 332 g/mol. The third-order valence-corrected chi connectivity index (χ3v) is 8.34. The first kappa shape index (κ1) is 14.3. The zero-order valence-electron chi connectivity index (χ0n) is 14.2. The molecular weight excluding hydrogens is 308 g/mol. The summed E-state index contributed by atoms with van der Waals surface area (Å²) >= 11 is 0. The second-order valence-electron chi connectivity index (χ2n) is 8.93. The summed E-state index contributed by atoms with van der Waals surface area (Å²) in [4.78, 5) is 13.2. The topological polar surface area (TPSA) is 54.0 Å². The van der Waals surface area contributed by atoms with Crippen LogP contribution in [0.5, 0.6) is 0 Å². The van der Waals surface area contributed by atoms with E-state index in [1.165, 1.54) is 0 Å². The van der Waals surface area contributed by atoms with Crippen LogP contribution in [0.4, 0.5) is 0 Å². The van der Waals surface area contributed by atoms with E-state index in [9.17, 15) is 4.79 Å². The van der Waals surface area contributed by atoms with Crippen molar-refractivity contribution in [3.63, 3.8) is 0 Å². The predicted molar refractivity (Wildman–Crippen MR) is 82.9 cm³/mol. The van der Waals surface area contributed by atoms with Crippen molar-refractivity contribution in [3.05, 3.63) is 12.2 Å². The van der Waals surface area contributed by atoms with Crippen molar-refractivity contribution in [1.82, 2.24) is 0 Å². The van der Waals surface area contributed by atoms with Crippen molar-refractivity contribution in [2.75, 3.05) is 13.2 Å². The van der Waals surface area contributed by atoms with Gasteiger partial charge in [0.25, 0.3) is 0 Å². The lowest BCUT2D eigenvalue weighted by Gasteiger charge is -2.42. The summed E-state index contributed by atoms with van der Waals surface area (Å²) < 4.78 is 24.8. The fraction of sp³-hybridized carbons (Fsp3) is 0.842. The molecule has 130 valence electrons. The molecule has 0 N–H and O–H groups in total. The Kier molecular flexibility index (Phi) is 2.33. The molecule has 0 aromatic carbocycles. The van der Waals surface area contributed by atoms with Gasteiger partial charge in [-0.15, -0.1) is 0 Å². The molecule has 2 saturated carbocycles. The lowest BCUT2D eigenvalue weighted by Crippen LogP contribution is -2.54. The van der Waals surface area contributed by atoms with Crippen LogP contribution in [-0.2, 0) is 23.7 Å². The van der Waals surface area contributed by atoms with Crippen LogP contribution in [-0.4, -0.2) is 43.3 Å². The number of ether oxygens (including phenoxy) is 4. The third kappa shape index (κ3) is 1.07. The molecule has 0 bridgehead atoms. The van der Waals surface area contributed by atoms with Gasteiger partial charge in [0.1, 0.15) is 6.10 Å². The highest BCUT2D eigenvalue weighted by Crippen LogP contribution is 2.83. The lowest BCUT2D eigenvalue weighted by atomic mass is 9.55. The number of hydrogen-bond acceptors (Lipinski definition) is 5. The molecule has 9 atom stereocenters. The second-order valence-corrected chi connectivity index (χ2v) is 8.93. The molecule has 2 spiro atoms. The third-order valence-electron chi connectivity index (χ3n) is 8.34. The van der Waals surface area contributed by atoms with E-state index >= 15 is 0 Å². The molecule has 6 rings (SSSR count). The molecular formula is C19H24O5. The van der Waals surface area contributed by atoms with Gasteiger partial charge in [-0.1, -0.05) is 19.1 Å². The van der Waals surface area contributed by atoms with Crippen LogP contribution in [0.15, 0.2) is 12.2 Å². The maximum absolute atomic E-state index is 13.2. The number of rotatable bonds is 1. The van der Waals surface area contributed by atoms with E-state index < -0.39 is 5.60 Å². The van der Waals surface area contributed by atoms with Gasteiger partial charge in [-0.3, -0.25) is 0 Å². The Morgan fingerprint density at radius 3 is 2.96 bits per heavy atom. The summed E-state index contributed by atoms with van der Waals surface area (Å²) in [5.74, 6) is 0.527.